The van der Waals surface area contributed by atoms with E-state index in [-0.39, 0.29) is 18.3 Å². The summed E-state index contributed by atoms with van der Waals surface area (Å²) in [4.78, 5) is 1.91. The smallest absolute Gasteiger partial charge is 0.211 e. The van der Waals surface area contributed by atoms with Crippen LogP contribution in [0.3, 0.4) is 0 Å². The number of furan rings is 1. The van der Waals surface area contributed by atoms with Gasteiger partial charge in [-0.15, -0.1) is 11.6 Å². The second kappa shape index (κ2) is 7.13. The Hall–Kier alpha value is -0.560. The number of nitrogens with zero attached hydrogens (tertiary/aromatic N) is 1. The summed E-state index contributed by atoms with van der Waals surface area (Å²) in [6.45, 7) is 0.283. The Morgan fingerprint density at radius 1 is 1.50 bits per heavy atom. The topological polar surface area (TPSA) is 62.6 Å². The zero-order valence-corrected chi connectivity index (χ0v) is 12.2. The van der Waals surface area contributed by atoms with Gasteiger partial charge in [-0.05, 0) is 32.6 Å². The van der Waals surface area contributed by atoms with E-state index in [1.807, 2.05) is 25.1 Å². The largest absolute Gasteiger partial charge is 0.468 e. The van der Waals surface area contributed by atoms with Crippen LogP contribution in [0.15, 0.2) is 22.8 Å². The van der Waals surface area contributed by atoms with E-state index in [0.717, 1.165) is 5.76 Å². The van der Waals surface area contributed by atoms with Gasteiger partial charge in [0, 0.05) is 12.4 Å². The van der Waals surface area contributed by atoms with Gasteiger partial charge in [-0.3, -0.25) is 4.90 Å². The molecule has 1 rings (SSSR count). The molecule has 0 radical (unpaired) electrons. The van der Waals surface area contributed by atoms with Crippen molar-refractivity contribution in [1.82, 2.24) is 9.62 Å². The van der Waals surface area contributed by atoms with Crippen LogP contribution in [0.1, 0.15) is 18.2 Å². The van der Waals surface area contributed by atoms with Crippen LogP contribution >= 0.6 is 11.6 Å². The molecule has 0 aromatic carbocycles. The normalized spacial score (nSPS) is 14.0. The zero-order chi connectivity index (χ0) is 13.6. The van der Waals surface area contributed by atoms with Crippen molar-refractivity contribution in [2.75, 3.05) is 32.3 Å². The number of hydrogen-bond donors (Lipinski definition) is 1. The summed E-state index contributed by atoms with van der Waals surface area (Å²) in [6, 6.07) is 3.50. The molecule has 0 aliphatic carbocycles. The maximum Gasteiger partial charge on any atom is 0.211 e. The molecule has 0 spiro atoms. The predicted octanol–water partition coefficient (Wildman–Crippen LogP) is 1.43. The summed E-state index contributed by atoms with van der Waals surface area (Å²) in [6.07, 6.45) is 2.03. The number of halogens is 1. The standard InChI is InChI=1S/C11H19ClN2O3S/c1-14(2)10(11-5-3-7-17-11)9-13-18(15,16)8-4-6-12/h3,5,7,10,13H,4,6,8-9H2,1-2H3. The van der Waals surface area contributed by atoms with E-state index in [4.69, 9.17) is 16.0 Å². The lowest BCUT2D eigenvalue weighted by Gasteiger charge is -2.22. The first kappa shape index (κ1) is 15.5. The highest BCUT2D eigenvalue weighted by Crippen LogP contribution is 2.17. The summed E-state index contributed by atoms with van der Waals surface area (Å²) < 4.78 is 31.2. The van der Waals surface area contributed by atoms with Gasteiger partial charge >= 0.3 is 0 Å². The van der Waals surface area contributed by atoms with Crippen LogP contribution in [-0.2, 0) is 10.0 Å². The van der Waals surface area contributed by atoms with Crippen molar-refractivity contribution < 1.29 is 12.8 Å². The lowest BCUT2D eigenvalue weighted by atomic mass is 10.2. The van der Waals surface area contributed by atoms with E-state index >= 15 is 0 Å². The molecule has 1 atom stereocenters. The molecule has 0 saturated heterocycles. The van der Waals surface area contributed by atoms with Crippen molar-refractivity contribution in [3.05, 3.63) is 24.2 Å². The number of nitrogens with one attached hydrogen (secondary N) is 1. The SMILES string of the molecule is CN(C)C(CNS(=O)(=O)CCCCl)c1ccco1. The molecule has 0 amide bonds. The molecule has 0 bridgehead atoms. The summed E-state index contributed by atoms with van der Waals surface area (Å²) in [5, 5.41) is 0. The van der Waals surface area contributed by atoms with E-state index in [2.05, 4.69) is 4.72 Å². The number of alkyl halides is 1. The molecule has 1 heterocycles. The number of sulfonamides is 1. The van der Waals surface area contributed by atoms with Gasteiger partial charge < -0.3 is 4.42 Å². The van der Waals surface area contributed by atoms with E-state index < -0.39 is 10.0 Å². The van der Waals surface area contributed by atoms with Crippen LogP contribution in [0.2, 0.25) is 0 Å². The van der Waals surface area contributed by atoms with Gasteiger partial charge in [-0.2, -0.15) is 0 Å². The molecule has 1 aromatic heterocycles. The van der Waals surface area contributed by atoms with Crippen molar-refractivity contribution in [3.63, 3.8) is 0 Å². The first-order chi connectivity index (χ1) is 8.46. The maximum atomic E-state index is 11.7. The van der Waals surface area contributed by atoms with Gasteiger partial charge in [0.05, 0.1) is 18.1 Å². The van der Waals surface area contributed by atoms with Gasteiger partial charge in [0.25, 0.3) is 0 Å². The highest BCUT2D eigenvalue weighted by Gasteiger charge is 2.19. The van der Waals surface area contributed by atoms with Crippen molar-refractivity contribution in [1.29, 1.82) is 0 Å². The fourth-order valence-corrected chi connectivity index (χ4v) is 2.91. The average molecular weight is 295 g/mol. The summed E-state index contributed by atoms with van der Waals surface area (Å²) in [5.74, 6) is 1.13. The molecule has 18 heavy (non-hydrogen) atoms. The quantitative estimate of drug-likeness (QED) is 0.737. The fraction of sp³-hybridized carbons (Fsp3) is 0.636. The molecule has 0 fully saturated rings. The molecule has 104 valence electrons. The molecule has 1 N–H and O–H groups in total. The van der Waals surface area contributed by atoms with Gasteiger partial charge in [0.2, 0.25) is 10.0 Å². The van der Waals surface area contributed by atoms with Crippen LogP contribution in [0.5, 0.6) is 0 Å². The molecule has 0 aliphatic heterocycles. The summed E-state index contributed by atoms with van der Waals surface area (Å²) in [7, 11) is 0.484. The third kappa shape index (κ3) is 4.97. The highest BCUT2D eigenvalue weighted by atomic mass is 35.5. The van der Waals surface area contributed by atoms with Crippen LogP contribution in [0.25, 0.3) is 0 Å². The van der Waals surface area contributed by atoms with Crippen molar-refractivity contribution in [3.8, 4) is 0 Å². The van der Waals surface area contributed by atoms with Crippen LogP contribution in [-0.4, -0.2) is 45.6 Å². The second-order valence-corrected chi connectivity index (χ2v) is 6.51. The molecule has 7 heteroatoms. The summed E-state index contributed by atoms with van der Waals surface area (Å²) in [5.41, 5.74) is 0. The van der Waals surface area contributed by atoms with Crippen LogP contribution < -0.4 is 4.72 Å². The van der Waals surface area contributed by atoms with E-state index in [0.29, 0.717) is 12.3 Å². The highest BCUT2D eigenvalue weighted by molar-refractivity contribution is 7.89. The Morgan fingerprint density at radius 2 is 2.22 bits per heavy atom. The zero-order valence-electron chi connectivity index (χ0n) is 10.6. The molecule has 1 unspecified atom stereocenters. The third-order valence-corrected chi connectivity index (χ3v) is 4.24. The Balaban J connectivity index is 2.59. The Labute approximate surface area is 113 Å². The van der Waals surface area contributed by atoms with Crippen LogP contribution in [0, 0.1) is 0 Å². The molecule has 0 aliphatic rings. The van der Waals surface area contributed by atoms with Crippen molar-refractivity contribution >= 4 is 21.6 Å². The number of likely N-dealkylation sites (N-methyl/N-ethyl adjacent to an activating group) is 1. The monoisotopic (exact) mass is 294 g/mol. The Kier molecular flexibility index (Phi) is 6.14. The van der Waals surface area contributed by atoms with Crippen LogP contribution in [0.4, 0.5) is 0 Å². The minimum atomic E-state index is -3.27. The molecule has 5 nitrogen and oxygen atoms in total. The lowest BCUT2D eigenvalue weighted by Crippen LogP contribution is -2.35. The summed E-state index contributed by atoms with van der Waals surface area (Å²) >= 11 is 5.49. The predicted molar refractivity (Wildman–Crippen MR) is 72.3 cm³/mol. The Bertz CT molecular complexity index is 431. The molecular weight excluding hydrogens is 276 g/mol. The first-order valence-corrected chi connectivity index (χ1v) is 7.88. The van der Waals surface area contributed by atoms with Crippen molar-refractivity contribution in [2.45, 2.75) is 12.5 Å². The Morgan fingerprint density at radius 3 is 2.72 bits per heavy atom. The molecule has 1 aromatic rings. The van der Waals surface area contributed by atoms with Gasteiger partial charge in [-0.1, -0.05) is 0 Å². The molecular formula is C11H19ClN2O3S. The fourth-order valence-electron chi connectivity index (χ4n) is 1.54. The van der Waals surface area contributed by atoms with Gasteiger partial charge in [0.15, 0.2) is 0 Å². The van der Waals surface area contributed by atoms with E-state index in [1.165, 1.54) is 0 Å². The lowest BCUT2D eigenvalue weighted by molar-refractivity contribution is 0.259. The van der Waals surface area contributed by atoms with E-state index in [9.17, 15) is 8.42 Å². The van der Waals surface area contributed by atoms with Crippen molar-refractivity contribution in [2.24, 2.45) is 0 Å². The first-order valence-electron chi connectivity index (χ1n) is 5.69. The van der Waals surface area contributed by atoms with Gasteiger partial charge in [-0.25, -0.2) is 13.1 Å². The number of hydrogen-bond acceptors (Lipinski definition) is 4. The van der Waals surface area contributed by atoms with Gasteiger partial charge in [0.1, 0.15) is 5.76 Å². The third-order valence-electron chi connectivity index (χ3n) is 2.54. The van der Waals surface area contributed by atoms with E-state index in [1.54, 1.807) is 12.3 Å². The minimum Gasteiger partial charge on any atom is -0.468 e. The minimum absolute atomic E-state index is 0.0504. The maximum absolute atomic E-state index is 11.7. The second-order valence-electron chi connectivity index (χ2n) is 4.20. The average Bonchev–Trinajstić information content (AvgIpc) is 2.79. The molecule has 0 saturated carbocycles. The number of rotatable bonds is 8.